The summed E-state index contributed by atoms with van der Waals surface area (Å²) in [7, 11) is 0. The summed E-state index contributed by atoms with van der Waals surface area (Å²) in [4.78, 5) is 2.36. The Morgan fingerprint density at radius 2 is 2.21 bits per heavy atom. The van der Waals surface area contributed by atoms with Gasteiger partial charge >= 0.3 is 0 Å². The molecule has 1 aromatic carbocycles. The van der Waals surface area contributed by atoms with E-state index in [1.807, 2.05) is 12.1 Å². The molecule has 1 fully saturated rings. The van der Waals surface area contributed by atoms with E-state index in [4.69, 9.17) is 9.47 Å². The summed E-state index contributed by atoms with van der Waals surface area (Å²) in [6, 6.07) is 6.40. The van der Waals surface area contributed by atoms with Crippen LogP contribution in [0.4, 0.5) is 5.69 Å². The lowest BCUT2D eigenvalue weighted by Gasteiger charge is -2.31. The van der Waals surface area contributed by atoms with Crippen LogP contribution in [0.3, 0.4) is 0 Å². The fourth-order valence-corrected chi connectivity index (χ4v) is 2.75. The van der Waals surface area contributed by atoms with E-state index < -0.39 is 0 Å². The van der Waals surface area contributed by atoms with Crippen LogP contribution in [0, 0.1) is 0 Å². The molecular formula is C14H20N2O3. The number of anilines is 1. The second-order valence-corrected chi connectivity index (χ2v) is 4.95. The van der Waals surface area contributed by atoms with Gasteiger partial charge in [0.2, 0.25) is 6.79 Å². The van der Waals surface area contributed by atoms with Crippen molar-refractivity contribution in [2.45, 2.75) is 18.9 Å². The first-order valence-corrected chi connectivity index (χ1v) is 6.86. The van der Waals surface area contributed by atoms with Crippen molar-refractivity contribution < 1.29 is 14.6 Å². The minimum atomic E-state index is 0.216. The van der Waals surface area contributed by atoms with Gasteiger partial charge in [0.25, 0.3) is 0 Å². The van der Waals surface area contributed by atoms with Crippen molar-refractivity contribution in [1.29, 1.82) is 0 Å². The number of rotatable bonds is 3. The molecule has 0 aliphatic carbocycles. The van der Waals surface area contributed by atoms with Gasteiger partial charge in [0, 0.05) is 37.5 Å². The third-order valence-corrected chi connectivity index (χ3v) is 3.72. The zero-order valence-electron chi connectivity index (χ0n) is 11.0. The van der Waals surface area contributed by atoms with Crippen LogP contribution in [0.1, 0.15) is 12.8 Å². The Balaban J connectivity index is 1.84. The molecule has 5 heteroatoms. The molecular weight excluding hydrogens is 244 g/mol. The molecule has 5 nitrogen and oxygen atoms in total. The number of aliphatic hydroxyl groups is 1. The molecule has 1 atom stereocenters. The Kier molecular flexibility index (Phi) is 3.75. The summed E-state index contributed by atoms with van der Waals surface area (Å²) in [6.07, 6.45) is 1.89. The minimum Gasteiger partial charge on any atom is -0.454 e. The topological polar surface area (TPSA) is 54.0 Å². The Bertz CT molecular complexity index is 439. The van der Waals surface area contributed by atoms with Crippen LogP contribution in [0.5, 0.6) is 11.5 Å². The number of ether oxygens (including phenoxy) is 2. The number of benzene rings is 1. The predicted molar refractivity (Wildman–Crippen MR) is 72.9 cm³/mol. The first-order valence-electron chi connectivity index (χ1n) is 6.86. The standard InChI is InChI=1S/C14H20N2O3/c17-7-4-12-9-15-5-1-6-16(12)11-2-3-13-14(8-11)19-10-18-13/h2-3,8,12,15,17H,1,4-7,9-10H2. The van der Waals surface area contributed by atoms with Crippen molar-refractivity contribution >= 4 is 5.69 Å². The lowest BCUT2D eigenvalue weighted by atomic mass is 10.1. The zero-order valence-corrected chi connectivity index (χ0v) is 11.0. The van der Waals surface area contributed by atoms with Crippen molar-refractivity contribution in [1.82, 2.24) is 5.32 Å². The summed E-state index contributed by atoms with van der Waals surface area (Å²) >= 11 is 0. The van der Waals surface area contributed by atoms with E-state index in [9.17, 15) is 5.11 Å². The van der Waals surface area contributed by atoms with Gasteiger partial charge in [0.05, 0.1) is 0 Å². The molecule has 1 saturated heterocycles. The molecule has 3 rings (SSSR count). The number of fused-ring (bicyclic) bond motifs is 1. The Labute approximate surface area is 113 Å². The van der Waals surface area contributed by atoms with E-state index in [0.29, 0.717) is 12.8 Å². The maximum absolute atomic E-state index is 9.23. The highest BCUT2D eigenvalue weighted by molar-refractivity contribution is 5.57. The Hall–Kier alpha value is -1.46. The van der Waals surface area contributed by atoms with Gasteiger partial charge in [-0.3, -0.25) is 0 Å². The van der Waals surface area contributed by atoms with Gasteiger partial charge in [0.1, 0.15) is 0 Å². The van der Waals surface area contributed by atoms with Crippen LogP contribution in [0.15, 0.2) is 18.2 Å². The third kappa shape index (κ3) is 2.62. The molecule has 2 heterocycles. The van der Waals surface area contributed by atoms with Crippen LogP contribution < -0.4 is 19.7 Å². The number of aliphatic hydroxyl groups excluding tert-OH is 1. The van der Waals surface area contributed by atoms with Crippen molar-refractivity contribution in [3.05, 3.63) is 18.2 Å². The molecule has 104 valence electrons. The van der Waals surface area contributed by atoms with Gasteiger partial charge in [0.15, 0.2) is 11.5 Å². The maximum Gasteiger partial charge on any atom is 0.231 e. The lowest BCUT2D eigenvalue weighted by Crippen LogP contribution is -2.40. The molecule has 19 heavy (non-hydrogen) atoms. The Morgan fingerprint density at radius 1 is 1.32 bits per heavy atom. The average Bonchev–Trinajstić information content (AvgIpc) is 2.77. The van der Waals surface area contributed by atoms with Crippen molar-refractivity contribution in [3.8, 4) is 11.5 Å². The highest BCUT2D eigenvalue weighted by atomic mass is 16.7. The molecule has 0 spiro atoms. The second-order valence-electron chi connectivity index (χ2n) is 4.95. The first-order chi connectivity index (χ1) is 9.38. The first kappa shape index (κ1) is 12.6. The van der Waals surface area contributed by atoms with Crippen LogP contribution in [-0.4, -0.2) is 44.2 Å². The van der Waals surface area contributed by atoms with E-state index >= 15 is 0 Å². The summed E-state index contributed by atoms with van der Waals surface area (Å²) in [5, 5.41) is 12.7. The second kappa shape index (κ2) is 5.67. The quantitative estimate of drug-likeness (QED) is 0.852. The SMILES string of the molecule is OCCC1CNCCCN1c1ccc2c(c1)OCO2. The van der Waals surface area contributed by atoms with Crippen molar-refractivity contribution in [3.63, 3.8) is 0 Å². The molecule has 1 aromatic rings. The smallest absolute Gasteiger partial charge is 0.231 e. The summed E-state index contributed by atoms with van der Waals surface area (Å²) in [5.74, 6) is 1.63. The van der Waals surface area contributed by atoms with E-state index in [-0.39, 0.29) is 6.61 Å². The lowest BCUT2D eigenvalue weighted by molar-refractivity contribution is 0.174. The van der Waals surface area contributed by atoms with E-state index in [1.165, 1.54) is 0 Å². The predicted octanol–water partition coefficient (Wildman–Crippen LogP) is 0.966. The highest BCUT2D eigenvalue weighted by Gasteiger charge is 2.23. The van der Waals surface area contributed by atoms with Crippen LogP contribution in [0.2, 0.25) is 0 Å². The fraction of sp³-hybridized carbons (Fsp3) is 0.571. The highest BCUT2D eigenvalue weighted by Crippen LogP contribution is 2.36. The monoisotopic (exact) mass is 264 g/mol. The van der Waals surface area contributed by atoms with E-state index in [2.05, 4.69) is 16.3 Å². The van der Waals surface area contributed by atoms with Gasteiger partial charge in [-0.1, -0.05) is 0 Å². The third-order valence-electron chi connectivity index (χ3n) is 3.72. The largest absolute Gasteiger partial charge is 0.454 e. The van der Waals surface area contributed by atoms with Crippen LogP contribution in [0.25, 0.3) is 0 Å². The van der Waals surface area contributed by atoms with Crippen LogP contribution in [-0.2, 0) is 0 Å². The van der Waals surface area contributed by atoms with Gasteiger partial charge < -0.3 is 24.8 Å². The van der Waals surface area contributed by atoms with Gasteiger partial charge in [-0.15, -0.1) is 0 Å². The number of nitrogens with one attached hydrogen (secondary N) is 1. The molecule has 2 N–H and O–H groups in total. The van der Waals surface area contributed by atoms with Gasteiger partial charge in [-0.25, -0.2) is 0 Å². The average molecular weight is 264 g/mol. The molecule has 0 saturated carbocycles. The molecule has 2 aliphatic rings. The number of hydrogen-bond acceptors (Lipinski definition) is 5. The number of hydrogen-bond donors (Lipinski definition) is 2. The number of nitrogens with zero attached hydrogens (tertiary/aromatic N) is 1. The van der Waals surface area contributed by atoms with E-state index in [0.717, 1.165) is 49.7 Å². The summed E-state index contributed by atoms with van der Waals surface area (Å²) in [5.41, 5.74) is 1.14. The molecule has 0 amide bonds. The van der Waals surface area contributed by atoms with Gasteiger partial charge in [-0.2, -0.15) is 0 Å². The van der Waals surface area contributed by atoms with Gasteiger partial charge in [-0.05, 0) is 31.5 Å². The molecule has 0 radical (unpaired) electrons. The van der Waals surface area contributed by atoms with Crippen molar-refractivity contribution in [2.75, 3.05) is 37.9 Å². The molecule has 2 aliphatic heterocycles. The molecule has 0 bridgehead atoms. The summed E-state index contributed by atoms with van der Waals surface area (Å²) in [6.45, 7) is 3.46. The minimum absolute atomic E-state index is 0.216. The molecule has 1 unspecified atom stereocenters. The normalized spacial score (nSPS) is 22.4. The molecule has 0 aromatic heterocycles. The van der Waals surface area contributed by atoms with E-state index in [1.54, 1.807) is 0 Å². The summed E-state index contributed by atoms with van der Waals surface area (Å²) < 4.78 is 10.8. The Morgan fingerprint density at radius 3 is 3.11 bits per heavy atom. The zero-order chi connectivity index (χ0) is 13.1. The van der Waals surface area contributed by atoms with Crippen LogP contribution >= 0.6 is 0 Å². The maximum atomic E-state index is 9.23. The van der Waals surface area contributed by atoms with Crippen molar-refractivity contribution in [2.24, 2.45) is 0 Å². The fourth-order valence-electron chi connectivity index (χ4n) is 2.75.